The Bertz CT molecular complexity index is 790. The molecule has 0 aliphatic heterocycles. The predicted molar refractivity (Wildman–Crippen MR) is 96.0 cm³/mol. The van der Waals surface area contributed by atoms with Crippen LogP contribution in [-0.4, -0.2) is 33.7 Å². The van der Waals surface area contributed by atoms with Gasteiger partial charge >= 0.3 is 0 Å². The van der Waals surface area contributed by atoms with Crippen LogP contribution in [0, 0.1) is 0 Å². The largest absolute Gasteiger partial charge is 0.493 e. The number of hydrogen-bond donors (Lipinski definition) is 2. The van der Waals surface area contributed by atoms with Crippen molar-refractivity contribution in [1.82, 2.24) is 5.32 Å². The highest BCUT2D eigenvalue weighted by Gasteiger charge is 2.09. The van der Waals surface area contributed by atoms with E-state index in [1.54, 1.807) is 12.1 Å². The van der Waals surface area contributed by atoms with E-state index in [4.69, 9.17) is 10.5 Å². The number of benzene rings is 2. The fourth-order valence-corrected chi connectivity index (χ4v) is 2.81. The minimum absolute atomic E-state index is 0.154. The molecule has 0 bridgehead atoms. The lowest BCUT2D eigenvalue weighted by molar-refractivity contribution is -0.121. The summed E-state index contributed by atoms with van der Waals surface area (Å²) in [6, 6.07) is 15.4. The fourth-order valence-electron chi connectivity index (χ4n) is 2.17. The molecule has 6 nitrogen and oxygen atoms in total. The van der Waals surface area contributed by atoms with Crippen LogP contribution in [0.4, 0.5) is 0 Å². The lowest BCUT2D eigenvalue weighted by Gasteiger charge is -2.13. The predicted octanol–water partition coefficient (Wildman–Crippen LogP) is 1.68. The molecule has 0 aliphatic carbocycles. The number of sulfone groups is 1. The molecular weight excluding hydrogens is 340 g/mol. The van der Waals surface area contributed by atoms with Crippen molar-refractivity contribution in [3.63, 3.8) is 0 Å². The van der Waals surface area contributed by atoms with Gasteiger partial charge in [-0.3, -0.25) is 4.79 Å². The van der Waals surface area contributed by atoms with Crippen LogP contribution >= 0.6 is 0 Å². The van der Waals surface area contributed by atoms with Gasteiger partial charge in [-0.15, -0.1) is 0 Å². The van der Waals surface area contributed by atoms with Crippen molar-refractivity contribution in [3.05, 3.63) is 60.2 Å². The van der Waals surface area contributed by atoms with Gasteiger partial charge in [-0.2, -0.15) is 0 Å². The first-order valence-corrected chi connectivity index (χ1v) is 9.75. The quantitative estimate of drug-likeness (QED) is 0.744. The first-order valence-electron chi connectivity index (χ1n) is 7.86. The molecule has 0 spiro atoms. The van der Waals surface area contributed by atoms with Gasteiger partial charge in [-0.1, -0.05) is 30.3 Å². The number of carbonyl (C=O) groups excluding carboxylic acids is 1. The molecule has 7 heteroatoms. The molecule has 0 saturated heterocycles. The summed E-state index contributed by atoms with van der Waals surface area (Å²) in [6.45, 7) is 0.552. The van der Waals surface area contributed by atoms with Crippen LogP contribution in [0.15, 0.2) is 59.5 Å². The van der Waals surface area contributed by atoms with E-state index >= 15 is 0 Å². The first-order chi connectivity index (χ1) is 11.9. The molecule has 2 rings (SSSR count). The second-order valence-corrected chi connectivity index (χ2v) is 7.68. The summed E-state index contributed by atoms with van der Waals surface area (Å²) in [5.41, 5.74) is 6.98. The third kappa shape index (κ3) is 6.21. The molecule has 0 aromatic heterocycles. The Balaban J connectivity index is 1.72. The lowest BCUT2D eigenvalue weighted by Crippen LogP contribution is -2.32. The standard InChI is InChI=1S/C18H22N2O4S/c1-25(22,23)16-9-7-15(8-10-16)24-12-11-18(21)20-13-17(19)14-5-3-2-4-6-14/h2-10,17H,11-13,19H2,1H3,(H,20,21). The summed E-state index contributed by atoms with van der Waals surface area (Å²) in [5.74, 6) is 0.361. The number of amides is 1. The molecule has 1 amide bonds. The van der Waals surface area contributed by atoms with E-state index in [1.165, 1.54) is 12.1 Å². The summed E-state index contributed by atoms with van der Waals surface area (Å²) >= 11 is 0. The second kappa shape index (κ2) is 8.64. The normalized spacial score (nSPS) is 12.4. The van der Waals surface area contributed by atoms with Crippen molar-refractivity contribution in [3.8, 4) is 5.75 Å². The minimum Gasteiger partial charge on any atom is -0.493 e. The van der Waals surface area contributed by atoms with Gasteiger partial charge in [0.25, 0.3) is 0 Å². The molecule has 2 aromatic carbocycles. The van der Waals surface area contributed by atoms with Gasteiger partial charge in [0.05, 0.1) is 17.9 Å². The molecule has 2 aromatic rings. The Morgan fingerprint density at radius 3 is 2.36 bits per heavy atom. The maximum absolute atomic E-state index is 11.8. The van der Waals surface area contributed by atoms with Crippen molar-refractivity contribution < 1.29 is 17.9 Å². The van der Waals surface area contributed by atoms with Crippen LogP contribution in [-0.2, 0) is 14.6 Å². The molecule has 0 saturated carbocycles. The van der Waals surface area contributed by atoms with E-state index in [9.17, 15) is 13.2 Å². The summed E-state index contributed by atoms with van der Waals surface area (Å²) in [4.78, 5) is 12.1. The number of carbonyl (C=O) groups is 1. The zero-order chi connectivity index (χ0) is 18.3. The number of nitrogens with two attached hydrogens (primary N) is 1. The van der Waals surface area contributed by atoms with E-state index in [0.717, 1.165) is 11.8 Å². The van der Waals surface area contributed by atoms with Gasteiger partial charge in [-0.25, -0.2) is 8.42 Å². The second-order valence-electron chi connectivity index (χ2n) is 5.66. The Morgan fingerprint density at radius 1 is 1.12 bits per heavy atom. The minimum atomic E-state index is -3.22. The summed E-state index contributed by atoms with van der Waals surface area (Å²) in [7, 11) is -3.22. The Kier molecular flexibility index (Phi) is 6.55. The third-order valence-corrected chi connectivity index (χ3v) is 4.73. The maximum atomic E-state index is 11.8. The molecular formula is C18H22N2O4S. The smallest absolute Gasteiger partial charge is 0.223 e. The van der Waals surface area contributed by atoms with Gasteiger partial charge in [0, 0.05) is 18.8 Å². The van der Waals surface area contributed by atoms with E-state index in [0.29, 0.717) is 12.3 Å². The maximum Gasteiger partial charge on any atom is 0.223 e. The van der Waals surface area contributed by atoms with Crippen molar-refractivity contribution in [2.75, 3.05) is 19.4 Å². The van der Waals surface area contributed by atoms with E-state index in [-0.39, 0.29) is 29.9 Å². The summed E-state index contributed by atoms with van der Waals surface area (Å²) < 4.78 is 28.2. The SMILES string of the molecule is CS(=O)(=O)c1ccc(OCCC(=O)NCC(N)c2ccccc2)cc1. The average molecular weight is 362 g/mol. The van der Waals surface area contributed by atoms with E-state index in [2.05, 4.69) is 5.32 Å². The number of hydrogen-bond acceptors (Lipinski definition) is 5. The zero-order valence-corrected chi connectivity index (χ0v) is 14.8. The molecule has 0 aliphatic rings. The van der Waals surface area contributed by atoms with Gasteiger partial charge in [0.15, 0.2) is 9.84 Å². The van der Waals surface area contributed by atoms with E-state index < -0.39 is 9.84 Å². The first kappa shape index (κ1) is 19.0. The van der Waals surface area contributed by atoms with Crippen molar-refractivity contribution in [1.29, 1.82) is 0 Å². The molecule has 134 valence electrons. The van der Waals surface area contributed by atoms with Crippen LogP contribution in [0.25, 0.3) is 0 Å². The van der Waals surface area contributed by atoms with Crippen LogP contribution in [0.2, 0.25) is 0 Å². The van der Waals surface area contributed by atoms with Gasteiger partial charge in [-0.05, 0) is 29.8 Å². The molecule has 25 heavy (non-hydrogen) atoms. The highest BCUT2D eigenvalue weighted by Crippen LogP contribution is 2.16. The Hall–Kier alpha value is -2.38. The topological polar surface area (TPSA) is 98.5 Å². The van der Waals surface area contributed by atoms with Gasteiger partial charge in [0.2, 0.25) is 5.91 Å². The number of ether oxygens (including phenoxy) is 1. The highest BCUT2D eigenvalue weighted by molar-refractivity contribution is 7.90. The van der Waals surface area contributed by atoms with Crippen LogP contribution in [0.3, 0.4) is 0 Å². The van der Waals surface area contributed by atoms with Gasteiger partial charge < -0.3 is 15.8 Å². The number of nitrogens with one attached hydrogen (secondary N) is 1. The summed E-state index contributed by atoms with van der Waals surface area (Å²) in [6.07, 6.45) is 1.34. The lowest BCUT2D eigenvalue weighted by atomic mass is 10.1. The van der Waals surface area contributed by atoms with Crippen LogP contribution < -0.4 is 15.8 Å². The van der Waals surface area contributed by atoms with Crippen molar-refractivity contribution >= 4 is 15.7 Å². The monoisotopic (exact) mass is 362 g/mol. The Morgan fingerprint density at radius 2 is 1.76 bits per heavy atom. The molecule has 0 radical (unpaired) electrons. The molecule has 0 heterocycles. The third-order valence-electron chi connectivity index (χ3n) is 3.60. The van der Waals surface area contributed by atoms with Crippen LogP contribution in [0.1, 0.15) is 18.0 Å². The van der Waals surface area contributed by atoms with Crippen LogP contribution in [0.5, 0.6) is 5.75 Å². The molecule has 0 fully saturated rings. The Labute approximate surface area is 147 Å². The van der Waals surface area contributed by atoms with Crippen molar-refractivity contribution in [2.24, 2.45) is 5.73 Å². The molecule has 1 atom stereocenters. The summed E-state index contributed by atoms with van der Waals surface area (Å²) in [5, 5.41) is 2.77. The number of rotatable bonds is 8. The van der Waals surface area contributed by atoms with Crippen molar-refractivity contribution in [2.45, 2.75) is 17.4 Å². The fraction of sp³-hybridized carbons (Fsp3) is 0.278. The van der Waals surface area contributed by atoms with E-state index in [1.807, 2.05) is 30.3 Å². The highest BCUT2D eigenvalue weighted by atomic mass is 32.2. The zero-order valence-electron chi connectivity index (χ0n) is 14.0. The molecule has 3 N–H and O–H groups in total. The van der Waals surface area contributed by atoms with Gasteiger partial charge in [0.1, 0.15) is 5.75 Å². The average Bonchev–Trinajstić information content (AvgIpc) is 2.60. The molecule has 1 unspecified atom stereocenters.